The average Bonchev–Trinajstić information content (AvgIpc) is 3.57. The molecule has 12 nitrogen and oxygen atoms in total. The number of carbonyl (C=O) groups excluding carboxylic acids is 2. The molecule has 2 heterocycles. The number of halogens is 1. The van der Waals surface area contributed by atoms with Crippen molar-refractivity contribution >= 4 is 35.9 Å². The van der Waals surface area contributed by atoms with Gasteiger partial charge in [-0.05, 0) is 85.2 Å². The van der Waals surface area contributed by atoms with Crippen LogP contribution in [-0.4, -0.2) is 69.1 Å². The molecule has 5 rings (SSSR count). The fourth-order valence-corrected chi connectivity index (χ4v) is 5.28. The van der Waals surface area contributed by atoms with Crippen molar-refractivity contribution in [2.45, 2.75) is 38.1 Å². The monoisotopic (exact) mass is 604 g/mol. The first-order chi connectivity index (χ1) is 20.3. The van der Waals surface area contributed by atoms with Gasteiger partial charge in [0.25, 0.3) is 5.91 Å². The maximum atomic E-state index is 13.8. The molecule has 1 fully saturated rings. The van der Waals surface area contributed by atoms with Gasteiger partial charge < -0.3 is 16.4 Å². The fraction of sp³-hybridized carbons (Fsp3) is 0.367. The molecule has 0 aliphatic heterocycles. The summed E-state index contributed by atoms with van der Waals surface area (Å²) < 4.78 is 0. The number of nitrogens with one attached hydrogen (secondary N) is 1. The highest BCUT2D eigenvalue weighted by molar-refractivity contribution is 6.17. The van der Waals surface area contributed by atoms with Crippen LogP contribution in [0.2, 0.25) is 0 Å². The van der Waals surface area contributed by atoms with Crippen molar-refractivity contribution in [2.24, 2.45) is 23.3 Å². The average molecular weight is 605 g/mol. The predicted octanol–water partition coefficient (Wildman–Crippen LogP) is 3.01. The van der Waals surface area contributed by atoms with Crippen molar-refractivity contribution in [1.29, 1.82) is 0 Å². The summed E-state index contributed by atoms with van der Waals surface area (Å²) in [4.78, 5) is 39.5. The first-order valence-corrected chi connectivity index (χ1v) is 14.1. The molecule has 226 valence electrons. The Balaban J connectivity index is 0.00000423. The van der Waals surface area contributed by atoms with Gasteiger partial charge in [0.15, 0.2) is 0 Å². The normalized spacial score (nSPS) is 17.0. The lowest BCUT2D eigenvalue weighted by molar-refractivity contribution is -0.130. The van der Waals surface area contributed by atoms with E-state index >= 15 is 0 Å². The van der Waals surface area contributed by atoms with Gasteiger partial charge in [0.2, 0.25) is 17.7 Å². The highest BCUT2D eigenvalue weighted by atomic mass is 35.5. The number of aromatic nitrogens is 6. The molecule has 1 aliphatic carbocycles. The SMILES string of the molecule is CN(C)c1ncc(-c2ccc(C[C@H](N)C(=O)N(C(=O)C3CCC(CN)CC3)c3ccc(-c4nn[nH]n4)cc3)cc2)cn1.Cl. The molecule has 2 aromatic heterocycles. The third-order valence-corrected chi connectivity index (χ3v) is 7.80. The number of benzene rings is 2. The first-order valence-electron chi connectivity index (χ1n) is 14.1. The minimum absolute atomic E-state index is 0. The van der Waals surface area contributed by atoms with Gasteiger partial charge in [0, 0.05) is 43.5 Å². The van der Waals surface area contributed by atoms with Gasteiger partial charge in [-0.1, -0.05) is 24.3 Å². The molecule has 1 aliphatic rings. The number of hydrogen-bond acceptors (Lipinski definition) is 10. The van der Waals surface area contributed by atoms with Crippen molar-refractivity contribution in [3.8, 4) is 22.5 Å². The molecule has 0 bridgehead atoms. The van der Waals surface area contributed by atoms with E-state index in [1.54, 1.807) is 36.7 Å². The molecule has 0 spiro atoms. The van der Waals surface area contributed by atoms with Crippen molar-refractivity contribution in [3.63, 3.8) is 0 Å². The van der Waals surface area contributed by atoms with Crippen LogP contribution in [0.3, 0.4) is 0 Å². The fourth-order valence-electron chi connectivity index (χ4n) is 5.28. The quantitative estimate of drug-likeness (QED) is 0.258. The third-order valence-electron chi connectivity index (χ3n) is 7.80. The number of nitrogens with zero attached hydrogens (tertiary/aromatic N) is 7. The zero-order valence-electron chi connectivity index (χ0n) is 24.3. The third kappa shape index (κ3) is 7.39. The maximum absolute atomic E-state index is 13.8. The zero-order valence-corrected chi connectivity index (χ0v) is 25.1. The van der Waals surface area contributed by atoms with Crippen molar-refractivity contribution in [3.05, 3.63) is 66.5 Å². The summed E-state index contributed by atoms with van der Waals surface area (Å²) >= 11 is 0. The van der Waals surface area contributed by atoms with E-state index < -0.39 is 11.9 Å². The summed E-state index contributed by atoms with van der Waals surface area (Å²) in [7, 11) is 3.78. The van der Waals surface area contributed by atoms with Crippen LogP contribution in [0, 0.1) is 11.8 Å². The number of imide groups is 1. The Kier molecular flexibility index (Phi) is 10.5. The Hall–Kier alpha value is -4.26. The van der Waals surface area contributed by atoms with E-state index in [9.17, 15) is 9.59 Å². The lowest BCUT2D eigenvalue weighted by atomic mass is 9.81. The number of hydrogen-bond donors (Lipinski definition) is 3. The molecular weight excluding hydrogens is 568 g/mol. The second-order valence-electron chi connectivity index (χ2n) is 10.9. The van der Waals surface area contributed by atoms with Crippen molar-refractivity contribution < 1.29 is 9.59 Å². The Morgan fingerprint density at radius 3 is 2.12 bits per heavy atom. The van der Waals surface area contributed by atoms with Gasteiger partial charge in [-0.3, -0.25) is 9.59 Å². The Morgan fingerprint density at radius 2 is 1.56 bits per heavy atom. The lowest BCUT2D eigenvalue weighted by Gasteiger charge is -2.32. The Labute approximate surface area is 256 Å². The van der Waals surface area contributed by atoms with Gasteiger partial charge in [0.1, 0.15) is 0 Å². The minimum Gasteiger partial charge on any atom is -0.347 e. The highest BCUT2D eigenvalue weighted by Crippen LogP contribution is 2.32. The molecule has 1 saturated carbocycles. The number of H-pyrrole nitrogens is 1. The van der Waals surface area contributed by atoms with Crippen LogP contribution in [0.1, 0.15) is 31.2 Å². The van der Waals surface area contributed by atoms with Crippen LogP contribution in [0.25, 0.3) is 22.5 Å². The molecule has 2 aromatic carbocycles. The van der Waals surface area contributed by atoms with Gasteiger partial charge in [-0.15, -0.1) is 22.6 Å². The summed E-state index contributed by atoms with van der Waals surface area (Å²) in [5.74, 6) is 0.540. The van der Waals surface area contributed by atoms with Crippen LogP contribution in [0.15, 0.2) is 60.9 Å². The van der Waals surface area contributed by atoms with Gasteiger partial charge in [0.05, 0.1) is 11.7 Å². The molecule has 0 saturated heterocycles. The Morgan fingerprint density at radius 1 is 0.930 bits per heavy atom. The van der Waals surface area contributed by atoms with E-state index in [4.69, 9.17) is 11.5 Å². The van der Waals surface area contributed by atoms with E-state index in [2.05, 4.69) is 30.6 Å². The van der Waals surface area contributed by atoms with Crippen LogP contribution >= 0.6 is 12.4 Å². The molecule has 2 amide bonds. The minimum atomic E-state index is -0.917. The number of nitrogens with two attached hydrogens (primary N) is 2. The molecule has 43 heavy (non-hydrogen) atoms. The molecular formula is C30H37ClN10O2. The molecule has 13 heteroatoms. The van der Waals surface area contributed by atoms with Crippen LogP contribution in [-0.2, 0) is 16.0 Å². The molecule has 4 aromatic rings. The molecule has 0 unspecified atom stereocenters. The number of carbonyl (C=O) groups is 2. The summed E-state index contributed by atoms with van der Waals surface area (Å²) in [5, 5.41) is 14.0. The predicted molar refractivity (Wildman–Crippen MR) is 167 cm³/mol. The highest BCUT2D eigenvalue weighted by Gasteiger charge is 2.35. The number of tetrazole rings is 1. The second kappa shape index (κ2) is 14.3. The number of rotatable bonds is 9. The van der Waals surface area contributed by atoms with Crippen molar-refractivity contribution in [2.75, 3.05) is 30.4 Å². The summed E-state index contributed by atoms with van der Waals surface area (Å²) in [6.45, 7) is 0.610. The maximum Gasteiger partial charge on any atom is 0.251 e. The summed E-state index contributed by atoms with van der Waals surface area (Å²) in [6, 6.07) is 13.8. The van der Waals surface area contributed by atoms with E-state index in [1.807, 2.05) is 43.3 Å². The number of anilines is 2. The van der Waals surface area contributed by atoms with Crippen LogP contribution in [0.4, 0.5) is 11.6 Å². The van der Waals surface area contributed by atoms with Crippen molar-refractivity contribution in [1.82, 2.24) is 30.6 Å². The molecule has 1 atom stereocenters. The van der Waals surface area contributed by atoms with Gasteiger partial charge in [-0.25, -0.2) is 14.9 Å². The lowest BCUT2D eigenvalue weighted by Crippen LogP contribution is -2.50. The summed E-state index contributed by atoms with van der Waals surface area (Å²) in [5.41, 5.74) is 16.2. The van der Waals surface area contributed by atoms with E-state index in [-0.39, 0.29) is 30.7 Å². The van der Waals surface area contributed by atoms with E-state index in [1.165, 1.54) is 4.90 Å². The summed E-state index contributed by atoms with van der Waals surface area (Å²) in [6.07, 6.45) is 6.96. The smallest absolute Gasteiger partial charge is 0.251 e. The molecule has 0 radical (unpaired) electrons. The number of aromatic amines is 1. The van der Waals surface area contributed by atoms with Gasteiger partial charge in [-0.2, -0.15) is 5.21 Å². The first kappa shape index (κ1) is 31.7. The standard InChI is InChI=1S/C30H36N10O2.ClH/c1-39(2)30-33-17-24(18-34-30)21-7-3-19(4-8-21)15-26(32)29(42)40(28(41)23-9-5-20(16-31)6-10-23)25-13-11-22(12-14-25)27-35-37-38-36-27;/h3-4,7-8,11-14,17-18,20,23,26H,5-6,9-10,15-16,31-32H2,1-2H3,(H,35,36,37,38);1H/t20?,23?,26-;/m0./s1. The largest absolute Gasteiger partial charge is 0.347 e. The van der Waals surface area contributed by atoms with Crippen LogP contribution in [0.5, 0.6) is 0 Å². The van der Waals surface area contributed by atoms with E-state index in [0.29, 0.717) is 48.3 Å². The van der Waals surface area contributed by atoms with E-state index in [0.717, 1.165) is 29.5 Å². The second-order valence-corrected chi connectivity index (χ2v) is 10.9. The number of amides is 2. The van der Waals surface area contributed by atoms with Crippen LogP contribution < -0.4 is 21.3 Å². The zero-order chi connectivity index (χ0) is 29.6. The van der Waals surface area contributed by atoms with Gasteiger partial charge >= 0.3 is 0 Å². The molecule has 5 N–H and O–H groups in total. The topological polar surface area (TPSA) is 173 Å². The Bertz CT molecular complexity index is 1470.